The monoisotopic (exact) mass is 359 g/mol. The van der Waals surface area contributed by atoms with Crippen LogP contribution in [0.25, 0.3) is 0 Å². The molecule has 0 saturated carbocycles. The van der Waals surface area contributed by atoms with Crippen LogP contribution in [0.5, 0.6) is 11.5 Å². The summed E-state index contributed by atoms with van der Waals surface area (Å²) in [5.74, 6) is 1.64. The number of hydrogen-bond donors (Lipinski definition) is 1. The Bertz CT molecular complexity index is 731. The van der Waals surface area contributed by atoms with Gasteiger partial charge in [-0.05, 0) is 63.1 Å². The molecular formula is C20H25NO3S. The van der Waals surface area contributed by atoms with Gasteiger partial charge < -0.3 is 14.8 Å². The first-order valence-electron chi connectivity index (χ1n) is 8.43. The maximum atomic E-state index is 12.2. The van der Waals surface area contributed by atoms with Gasteiger partial charge in [0.05, 0.1) is 19.0 Å². The molecule has 0 aliphatic rings. The van der Waals surface area contributed by atoms with Gasteiger partial charge in [0.1, 0.15) is 0 Å². The van der Waals surface area contributed by atoms with Crippen molar-refractivity contribution >= 4 is 23.4 Å². The van der Waals surface area contributed by atoms with E-state index in [0.29, 0.717) is 36.2 Å². The maximum Gasteiger partial charge on any atom is 0.234 e. The van der Waals surface area contributed by atoms with Gasteiger partial charge in [0.15, 0.2) is 11.5 Å². The van der Waals surface area contributed by atoms with Crippen molar-refractivity contribution in [3.05, 3.63) is 47.5 Å². The van der Waals surface area contributed by atoms with E-state index < -0.39 is 0 Å². The zero-order chi connectivity index (χ0) is 18.2. The molecule has 0 bridgehead atoms. The molecular weight excluding hydrogens is 334 g/mol. The third-order valence-electron chi connectivity index (χ3n) is 3.68. The van der Waals surface area contributed by atoms with Gasteiger partial charge >= 0.3 is 0 Å². The molecule has 0 saturated heterocycles. The van der Waals surface area contributed by atoms with E-state index >= 15 is 0 Å². The van der Waals surface area contributed by atoms with Crippen molar-refractivity contribution < 1.29 is 14.3 Å². The van der Waals surface area contributed by atoms with Crippen molar-refractivity contribution in [2.24, 2.45) is 0 Å². The minimum atomic E-state index is -0.0464. The van der Waals surface area contributed by atoms with Crippen LogP contribution in [-0.4, -0.2) is 24.9 Å². The Hall–Kier alpha value is -2.14. The molecule has 1 amide bonds. The SMILES string of the molecule is CCOc1ccc(NC(=O)CSc2ccc(C)c(C)c2)cc1OCC. The molecule has 0 aliphatic carbocycles. The average Bonchev–Trinajstić information content (AvgIpc) is 2.59. The summed E-state index contributed by atoms with van der Waals surface area (Å²) in [4.78, 5) is 13.3. The van der Waals surface area contributed by atoms with Crippen LogP contribution in [0.4, 0.5) is 5.69 Å². The van der Waals surface area contributed by atoms with E-state index in [2.05, 4.69) is 31.3 Å². The van der Waals surface area contributed by atoms with Crippen LogP contribution >= 0.6 is 11.8 Å². The number of thioether (sulfide) groups is 1. The van der Waals surface area contributed by atoms with Crippen LogP contribution in [0.1, 0.15) is 25.0 Å². The Morgan fingerprint density at radius 2 is 1.68 bits per heavy atom. The number of rotatable bonds is 8. The molecule has 0 heterocycles. The first-order valence-corrected chi connectivity index (χ1v) is 9.41. The highest BCUT2D eigenvalue weighted by Crippen LogP contribution is 2.31. The smallest absolute Gasteiger partial charge is 0.234 e. The van der Waals surface area contributed by atoms with Crippen LogP contribution < -0.4 is 14.8 Å². The fourth-order valence-electron chi connectivity index (χ4n) is 2.28. The van der Waals surface area contributed by atoms with E-state index in [1.165, 1.54) is 22.9 Å². The van der Waals surface area contributed by atoms with Gasteiger partial charge in [0.2, 0.25) is 5.91 Å². The second kappa shape index (κ2) is 9.37. The standard InChI is InChI=1S/C20H25NO3S/c1-5-23-18-10-8-16(12-19(18)24-6-2)21-20(22)13-25-17-9-7-14(3)15(4)11-17/h7-12H,5-6,13H2,1-4H3,(H,21,22). The number of amides is 1. The lowest BCUT2D eigenvalue weighted by molar-refractivity contribution is -0.113. The lowest BCUT2D eigenvalue weighted by atomic mass is 10.1. The van der Waals surface area contributed by atoms with Crippen molar-refractivity contribution in [3.8, 4) is 11.5 Å². The molecule has 0 fully saturated rings. The van der Waals surface area contributed by atoms with Crippen molar-refractivity contribution in [2.45, 2.75) is 32.6 Å². The molecule has 134 valence electrons. The third-order valence-corrected chi connectivity index (χ3v) is 4.67. The summed E-state index contributed by atoms with van der Waals surface area (Å²) in [7, 11) is 0. The van der Waals surface area contributed by atoms with Crippen LogP contribution in [0.3, 0.4) is 0 Å². The Labute approximate surface area is 153 Å². The van der Waals surface area contributed by atoms with Crippen LogP contribution in [-0.2, 0) is 4.79 Å². The van der Waals surface area contributed by atoms with E-state index in [0.717, 1.165) is 4.90 Å². The van der Waals surface area contributed by atoms with E-state index in [4.69, 9.17) is 9.47 Å². The summed E-state index contributed by atoms with van der Waals surface area (Å²) in [5, 5.41) is 2.91. The maximum absolute atomic E-state index is 12.2. The largest absolute Gasteiger partial charge is 0.490 e. The number of hydrogen-bond acceptors (Lipinski definition) is 4. The number of carbonyl (C=O) groups is 1. The molecule has 25 heavy (non-hydrogen) atoms. The lowest BCUT2D eigenvalue weighted by Gasteiger charge is -2.13. The van der Waals surface area contributed by atoms with E-state index in [1.807, 2.05) is 32.0 Å². The van der Waals surface area contributed by atoms with Crippen LogP contribution in [0, 0.1) is 13.8 Å². The highest BCUT2D eigenvalue weighted by Gasteiger charge is 2.09. The van der Waals surface area contributed by atoms with Crippen LogP contribution in [0.2, 0.25) is 0 Å². The zero-order valence-corrected chi connectivity index (χ0v) is 16.0. The molecule has 5 heteroatoms. The molecule has 0 aromatic heterocycles. The van der Waals surface area contributed by atoms with Gasteiger partial charge in [-0.1, -0.05) is 6.07 Å². The Morgan fingerprint density at radius 3 is 2.36 bits per heavy atom. The quantitative estimate of drug-likeness (QED) is 0.686. The molecule has 0 unspecified atom stereocenters. The number of carbonyl (C=O) groups excluding carboxylic acids is 1. The molecule has 2 rings (SSSR count). The molecule has 1 N–H and O–H groups in total. The van der Waals surface area contributed by atoms with Crippen molar-refractivity contribution in [1.29, 1.82) is 0 Å². The Kier molecular flexibility index (Phi) is 7.19. The lowest BCUT2D eigenvalue weighted by Crippen LogP contribution is -2.14. The first kappa shape index (κ1) is 19.2. The highest BCUT2D eigenvalue weighted by atomic mass is 32.2. The second-order valence-electron chi connectivity index (χ2n) is 5.61. The molecule has 0 atom stereocenters. The third kappa shape index (κ3) is 5.71. The summed E-state index contributed by atoms with van der Waals surface area (Å²) in [6.45, 7) is 9.11. The number of benzene rings is 2. The number of aryl methyl sites for hydroxylation is 2. The number of anilines is 1. The molecule has 2 aromatic rings. The van der Waals surface area contributed by atoms with Crippen molar-refractivity contribution in [2.75, 3.05) is 24.3 Å². The summed E-state index contributed by atoms with van der Waals surface area (Å²) >= 11 is 1.53. The highest BCUT2D eigenvalue weighted by molar-refractivity contribution is 8.00. The van der Waals surface area contributed by atoms with Gasteiger partial charge in [0.25, 0.3) is 0 Å². The van der Waals surface area contributed by atoms with Gasteiger partial charge in [-0.3, -0.25) is 4.79 Å². The van der Waals surface area contributed by atoms with Crippen molar-refractivity contribution in [3.63, 3.8) is 0 Å². The number of nitrogens with one attached hydrogen (secondary N) is 1. The fourth-order valence-corrected chi connectivity index (χ4v) is 3.07. The molecule has 0 aliphatic heterocycles. The first-order chi connectivity index (χ1) is 12.0. The fraction of sp³-hybridized carbons (Fsp3) is 0.350. The zero-order valence-electron chi connectivity index (χ0n) is 15.2. The normalized spacial score (nSPS) is 10.4. The average molecular weight is 359 g/mol. The molecule has 0 spiro atoms. The minimum absolute atomic E-state index is 0.0464. The van der Waals surface area contributed by atoms with Gasteiger partial charge in [-0.15, -0.1) is 11.8 Å². The molecule has 4 nitrogen and oxygen atoms in total. The van der Waals surface area contributed by atoms with Crippen molar-refractivity contribution in [1.82, 2.24) is 0 Å². The Morgan fingerprint density at radius 1 is 0.960 bits per heavy atom. The van der Waals surface area contributed by atoms with Gasteiger partial charge in [-0.25, -0.2) is 0 Å². The van der Waals surface area contributed by atoms with Gasteiger partial charge in [-0.2, -0.15) is 0 Å². The minimum Gasteiger partial charge on any atom is -0.490 e. The van der Waals surface area contributed by atoms with E-state index in [9.17, 15) is 4.79 Å². The van der Waals surface area contributed by atoms with Crippen LogP contribution in [0.15, 0.2) is 41.3 Å². The number of ether oxygens (including phenoxy) is 2. The predicted molar refractivity (Wildman–Crippen MR) is 104 cm³/mol. The summed E-state index contributed by atoms with van der Waals surface area (Å²) in [6.07, 6.45) is 0. The molecule has 0 radical (unpaired) electrons. The predicted octanol–water partition coefficient (Wildman–Crippen LogP) is 4.83. The summed E-state index contributed by atoms with van der Waals surface area (Å²) in [6, 6.07) is 11.7. The van der Waals surface area contributed by atoms with E-state index in [-0.39, 0.29) is 5.91 Å². The summed E-state index contributed by atoms with van der Waals surface area (Å²) in [5.41, 5.74) is 3.20. The Balaban J connectivity index is 1.97. The topological polar surface area (TPSA) is 47.6 Å². The van der Waals surface area contributed by atoms with Gasteiger partial charge in [0, 0.05) is 16.6 Å². The van der Waals surface area contributed by atoms with E-state index in [1.54, 1.807) is 6.07 Å². The second-order valence-corrected chi connectivity index (χ2v) is 6.66. The molecule has 2 aromatic carbocycles. The summed E-state index contributed by atoms with van der Waals surface area (Å²) < 4.78 is 11.1.